The maximum atomic E-state index is 10.1. The van der Waals surface area contributed by atoms with Gasteiger partial charge in [-0.2, -0.15) is 10.5 Å². The third-order valence-electron chi connectivity index (χ3n) is 17.4. The van der Waals surface area contributed by atoms with E-state index in [1.54, 1.807) is 0 Å². The molecular weight excluding hydrogens is 965 g/mol. The lowest BCUT2D eigenvalue weighted by Gasteiger charge is -2.34. The Morgan fingerprint density at radius 3 is 1.57 bits per heavy atom. The van der Waals surface area contributed by atoms with Crippen molar-refractivity contribution in [1.29, 1.82) is 10.5 Å². The largest absolute Gasteiger partial charge is 0.454 e. The summed E-state index contributed by atoms with van der Waals surface area (Å²) in [6.07, 6.45) is 5.41. The highest BCUT2D eigenvalue weighted by Gasteiger charge is 2.53. The van der Waals surface area contributed by atoms with Gasteiger partial charge < -0.3 is 18.6 Å². The number of nitriles is 2. The van der Waals surface area contributed by atoms with Gasteiger partial charge >= 0.3 is 0 Å². The van der Waals surface area contributed by atoms with E-state index in [1.165, 1.54) is 66.4 Å². The van der Waals surface area contributed by atoms with E-state index < -0.39 is 5.41 Å². The van der Waals surface area contributed by atoms with E-state index in [4.69, 9.17) is 8.83 Å². The van der Waals surface area contributed by atoms with Crippen LogP contribution in [0.25, 0.3) is 99.2 Å². The molecule has 79 heavy (non-hydrogen) atoms. The molecule has 17 rings (SSSR count). The molecule has 4 aliphatic carbocycles. The van der Waals surface area contributed by atoms with Gasteiger partial charge in [0.25, 0.3) is 0 Å². The molecule has 13 aromatic rings. The van der Waals surface area contributed by atoms with E-state index >= 15 is 0 Å². The van der Waals surface area contributed by atoms with Crippen molar-refractivity contribution in [3.63, 3.8) is 0 Å². The maximum absolute atomic E-state index is 10.1. The smallest absolute Gasteiger partial charge is 0.159 e. The zero-order chi connectivity index (χ0) is 52.1. The summed E-state index contributed by atoms with van der Waals surface area (Å²) in [5, 5.41) is 26.9. The van der Waals surface area contributed by atoms with Crippen LogP contribution in [0.5, 0.6) is 0 Å². The molecule has 6 heteroatoms. The van der Waals surface area contributed by atoms with Crippen molar-refractivity contribution < 1.29 is 8.83 Å². The zero-order valence-electron chi connectivity index (χ0n) is 42.5. The number of allylic oxidation sites excluding steroid dienone is 4. The Kier molecular flexibility index (Phi) is 8.92. The molecule has 0 fully saturated rings. The molecule has 0 radical (unpaired) electrons. The molecule has 366 valence electrons. The Bertz CT molecular complexity index is 5020. The summed E-state index contributed by atoms with van der Waals surface area (Å²) < 4.78 is 13.7. The summed E-state index contributed by atoms with van der Waals surface area (Å²) in [6.45, 7) is 0. The molecule has 2 aromatic heterocycles. The lowest BCUT2D eigenvalue weighted by atomic mass is 9.70. The number of nitrogens with zero attached hydrogens (tertiary/aromatic N) is 4. The van der Waals surface area contributed by atoms with Crippen molar-refractivity contribution in [2.45, 2.75) is 18.3 Å². The third-order valence-corrected chi connectivity index (χ3v) is 17.4. The van der Waals surface area contributed by atoms with Crippen molar-refractivity contribution in [3.8, 4) is 56.6 Å². The Morgan fingerprint density at radius 2 is 0.924 bits per heavy atom. The van der Waals surface area contributed by atoms with Crippen LogP contribution in [-0.2, 0) is 5.41 Å². The van der Waals surface area contributed by atoms with Gasteiger partial charge in [0.2, 0.25) is 0 Å². The minimum atomic E-state index is -0.811. The molecule has 0 saturated heterocycles. The summed E-state index contributed by atoms with van der Waals surface area (Å²) in [7, 11) is 0. The topological polar surface area (TPSA) is 80.3 Å². The highest BCUT2D eigenvalue weighted by Crippen LogP contribution is 2.67. The molecule has 2 heterocycles. The number of furan rings is 2. The zero-order valence-corrected chi connectivity index (χ0v) is 42.5. The van der Waals surface area contributed by atoms with Crippen molar-refractivity contribution in [2.75, 3.05) is 9.80 Å². The van der Waals surface area contributed by atoms with Crippen LogP contribution in [-0.4, -0.2) is 0 Å². The second-order valence-electron chi connectivity index (χ2n) is 21.2. The van der Waals surface area contributed by atoms with Crippen LogP contribution >= 0.6 is 0 Å². The number of hydrogen-bond acceptors (Lipinski definition) is 6. The van der Waals surface area contributed by atoms with Gasteiger partial charge in [-0.15, -0.1) is 0 Å². The molecule has 4 aliphatic rings. The molecule has 0 bridgehead atoms. The molecule has 0 amide bonds. The highest BCUT2D eigenvalue weighted by molar-refractivity contribution is 6.21. The van der Waals surface area contributed by atoms with E-state index in [1.807, 2.05) is 54.6 Å². The van der Waals surface area contributed by atoms with Crippen molar-refractivity contribution in [3.05, 3.63) is 270 Å². The van der Waals surface area contributed by atoms with Gasteiger partial charge in [0.05, 0.1) is 34.5 Å². The van der Waals surface area contributed by atoms with Gasteiger partial charge in [0, 0.05) is 49.9 Å². The van der Waals surface area contributed by atoms with Crippen molar-refractivity contribution >= 4 is 83.1 Å². The normalized spacial score (nSPS) is 15.2. The summed E-state index contributed by atoms with van der Waals surface area (Å²) in [5.74, 6) is 0. The van der Waals surface area contributed by atoms with Crippen LogP contribution in [0.2, 0.25) is 0 Å². The molecule has 0 N–H and O–H groups in total. The van der Waals surface area contributed by atoms with E-state index in [0.717, 1.165) is 94.7 Å². The van der Waals surface area contributed by atoms with Gasteiger partial charge in [-0.3, -0.25) is 0 Å². The fourth-order valence-corrected chi connectivity index (χ4v) is 14.1. The lowest BCUT2D eigenvalue weighted by Crippen LogP contribution is -2.27. The summed E-state index contributed by atoms with van der Waals surface area (Å²) in [6, 6.07) is 83.4. The minimum absolute atomic E-state index is 0.588. The Labute approximate surface area is 454 Å². The second-order valence-corrected chi connectivity index (χ2v) is 21.2. The van der Waals surface area contributed by atoms with Crippen LogP contribution in [0.1, 0.15) is 40.7 Å². The Hall–Kier alpha value is -10.7. The van der Waals surface area contributed by atoms with Crippen LogP contribution in [0.4, 0.5) is 28.4 Å². The predicted octanol–water partition coefficient (Wildman–Crippen LogP) is 19.2. The molecule has 6 nitrogen and oxygen atoms in total. The predicted molar refractivity (Wildman–Crippen MR) is 318 cm³/mol. The number of para-hydroxylation sites is 4. The first-order valence-electron chi connectivity index (χ1n) is 26.9. The van der Waals surface area contributed by atoms with Gasteiger partial charge in [0.1, 0.15) is 11.2 Å². The van der Waals surface area contributed by atoms with E-state index in [2.05, 4.69) is 198 Å². The standard InChI is InChI=1S/C73H42N4O2/c74-41-43-26-30-45(31-27-43)76(65-22-10-18-56-53-14-4-7-24-67(53)78-71(56)65)47-34-36-51-52-37-35-48(77(46-32-28-44(42-75)29-33-46)66-23-11-19-57-54-15-5-8-25-68(54)79-72(57)66)39-63(52)73(62(51)38-47)61-21-6-3-16-58(61)70-59-20-9-17-55-49-12-1-2-13-50(49)60(69(55)59)40-64(70)73/h1-28,30-32,34-40H,29,33H2. The molecular formula is C73H42N4O2. The van der Waals surface area contributed by atoms with Crippen LogP contribution in [0.3, 0.4) is 0 Å². The molecule has 1 unspecified atom stereocenters. The van der Waals surface area contributed by atoms with E-state index in [9.17, 15) is 10.5 Å². The van der Waals surface area contributed by atoms with Crippen LogP contribution in [0.15, 0.2) is 251 Å². The summed E-state index contributed by atoms with van der Waals surface area (Å²) >= 11 is 0. The number of rotatable bonds is 6. The number of hydrogen-bond donors (Lipinski definition) is 0. The SMILES string of the molecule is N#CC1=CC=C(N(c2ccc3c(c2)C2(c4cc(N(c5ccc(C#N)cc5)c5cccc6c5oc5ccccc56)ccc4-3)c3ccccc3-c3c2cc2c4c(cccc34)-c3ccccc3-2)c2cccc3c2oc2ccccc23)CC1. The molecule has 0 saturated carbocycles. The minimum Gasteiger partial charge on any atom is -0.454 e. The van der Waals surface area contributed by atoms with Gasteiger partial charge in [0.15, 0.2) is 11.2 Å². The number of anilines is 5. The third kappa shape index (κ3) is 5.87. The Balaban J connectivity index is 0.975. The first-order valence-corrected chi connectivity index (χ1v) is 26.9. The fourth-order valence-electron chi connectivity index (χ4n) is 14.1. The average Bonchev–Trinajstić information content (AvgIpc) is 2.45. The van der Waals surface area contributed by atoms with Gasteiger partial charge in [-0.05, 0) is 181 Å². The van der Waals surface area contributed by atoms with Crippen molar-refractivity contribution in [1.82, 2.24) is 0 Å². The molecule has 1 spiro atoms. The first-order chi connectivity index (χ1) is 39.1. The van der Waals surface area contributed by atoms with Gasteiger partial charge in [-0.25, -0.2) is 0 Å². The number of fused-ring (bicyclic) bond motifs is 20. The summed E-state index contributed by atoms with van der Waals surface area (Å²) in [5.41, 5.74) is 24.2. The second kappa shape index (κ2) is 16.2. The van der Waals surface area contributed by atoms with E-state index in [0.29, 0.717) is 18.4 Å². The van der Waals surface area contributed by atoms with Crippen LogP contribution in [0, 0.1) is 22.7 Å². The summed E-state index contributed by atoms with van der Waals surface area (Å²) in [4.78, 5) is 4.68. The molecule has 11 aromatic carbocycles. The molecule has 1 atom stereocenters. The quantitative estimate of drug-likeness (QED) is 0.165. The lowest BCUT2D eigenvalue weighted by molar-refractivity contribution is 0.668. The Morgan fingerprint density at radius 1 is 0.380 bits per heavy atom. The number of benzene rings is 11. The van der Waals surface area contributed by atoms with Crippen LogP contribution < -0.4 is 9.80 Å². The van der Waals surface area contributed by atoms with Crippen molar-refractivity contribution in [2.24, 2.45) is 0 Å². The fraction of sp³-hybridized carbons (Fsp3) is 0.0411. The molecule has 0 aliphatic heterocycles. The monoisotopic (exact) mass is 1010 g/mol. The van der Waals surface area contributed by atoms with Gasteiger partial charge in [-0.1, -0.05) is 140 Å². The average molecular weight is 1010 g/mol. The highest BCUT2D eigenvalue weighted by atomic mass is 16.3. The first kappa shape index (κ1) is 43.6. The van der Waals surface area contributed by atoms with E-state index in [-0.39, 0.29) is 0 Å². The maximum Gasteiger partial charge on any atom is 0.159 e.